The van der Waals surface area contributed by atoms with Gasteiger partial charge in [0, 0.05) is 47.2 Å². The molecule has 0 spiro atoms. The molecular weight excluding hydrogens is 342 g/mol. The number of nitrogens with two attached hydrogens (primary N) is 2. The van der Waals surface area contributed by atoms with Gasteiger partial charge in [0.25, 0.3) is 0 Å². The molecular formula is C21H29N3O3. The molecule has 6 N–H and O–H groups in total. The number of aromatic amines is 1. The molecule has 1 aromatic heterocycles. The van der Waals surface area contributed by atoms with Gasteiger partial charge in [-0.2, -0.15) is 0 Å². The van der Waals surface area contributed by atoms with Crippen LogP contribution in [-0.4, -0.2) is 29.4 Å². The van der Waals surface area contributed by atoms with E-state index in [2.05, 4.69) is 4.98 Å². The van der Waals surface area contributed by atoms with Gasteiger partial charge in [0.05, 0.1) is 12.7 Å². The van der Waals surface area contributed by atoms with Crippen molar-refractivity contribution in [3.8, 4) is 5.75 Å². The summed E-state index contributed by atoms with van der Waals surface area (Å²) in [6.45, 7) is 5.97. The molecule has 6 nitrogen and oxygen atoms in total. The van der Waals surface area contributed by atoms with Crippen molar-refractivity contribution >= 4 is 17.6 Å². The van der Waals surface area contributed by atoms with Crippen LogP contribution in [0, 0.1) is 0 Å². The topological polar surface area (TPSA) is 107 Å². The number of nitrogen functional groups attached to an aromatic ring is 1. The molecule has 0 bridgehead atoms. The lowest BCUT2D eigenvalue weighted by molar-refractivity contribution is 0.0627. The highest BCUT2D eigenvalue weighted by atomic mass is 16.5. The zero-order chi connectivity index (χ0) is 19.4. The highest BCUT2D eigenvalue weighted by molar-refractivity contribution is 5.86. The second kappa shape index (κ2) is 8.50. The van der Waals surface area contributed by atoms with Crippen molar-refractivity contribution in [1.82, 2.24) is 4.98 Å². The minimum Gasteiger partial charge on any atom is -0.507 e. The van der Waals surface area contributed by atoms with Crippen molar-refractivity contribution in [3.05, 3.63) is 46.6 Å². The Morgan fingerprint density at radius 3 is 2.70 bits per heavy atom. The summed E-state index contributed by atoms with van der Waals surface area (Å²) in [7, 11) is 0. The highest BCUT2D eigenvalue weighted by Crippen LogP contribution is 2.35. The van der Waals surface area contributed by atoms with Crippen molar-refractivity contribution in [1.29, 1.82) is 0 Å². The largest absolute Gasteiger partial charge is 0.507 e. The zero-order valence-corrected chi connectivity index (χ0v) is 16.0. The van der Waals surface area contributed by atoms with Gasteiger partial charge in [0.2, 0.25) is 0 Å². The van der Waals surface area contributed by atoms with Gasteiger partial charge in [0.1, 0.15) is 11.6 Å². The van der Waals surface area contributed by atoms with Crippen LogP contribution in [0.3, 0.4) is 0 Å². The molecule has 1 aliphatic rings. The Hall–Kier alpha value is -2.44. The predicted octanol–water partition coefficient (Wildman–Crippen LogP) is 3.58. The van der Waals surface area contributed by atoms with E-state index in [1.165, 1.54) is 0 Å². The molecule has 3 rings (SSSR count). The lowest BCUT2D eigenvalue weighted by Gasteiger charge is -2.23. The van der Waals surface area contributed by atoms with Crippen molar-refractivity contribution in [2.24, 2.45) is 5.73 Å². The number of phenols is 1. The van der Waals surface area contributed by atoms with Gasteiger partial charge in [0.15, 0.2) is 0 Å². The molecule has 27 heavy (non-hydrogen) atoms. The molecule has 6 heteroatoms. The smallest absolute Gasteiger partial charge is 0.124 e. The fourth-order valence-electron chi connectivity index (χ4n) is 3.45. The highest BCUT2D eigenvalue weighted by Gasteiger charge is 2.24. The summed E-state index contributed by atoms with van der Waals surface area (Å²) in [5, 5.41) is 10.1. The summed E-state index contributed by atoms with van der Waals surface area (Å²) in [5.41, 5.74) is 16.6. The number of ether oxygens (including phenoxy) is 2. The van der Waals surface area contributed by atoms with Crippen LogP contribution in [0.1, 0.15) is 55.0 Å². The Balaban J connectivity index is 2.01. The van der Waals surface area contributed by atoms with Crippen molar-refractivity contribution in [3.63, 3.8) is 0 Å². The lowest BCUT2D eigenvalue weighted by atomic mass is 9.92. The number of H-pyrrole nitrogens is 1. The Kier molecular flexibility index (Phi) is 6.08. The Labute approximate surface area is 160 Å². The third-order valence-corrected chi connectivity index (χ3v) is 4.92. The molecule has 1 aromatic carbocycles. The van der Waals surface area contributed by atoms with Crippen LogP contribution in [0.5, 0.6) is 5.75 Å². The fourth-order valence-corrected chi connectivity index (χ4v) is 3.45. The normalized spacial score (nSPS) is 16.2. The summed E-state index contributed by atoms with van der Waals surface area (Å²) in [6.07, 6.45) is 3.83. The van der Waals surface area contributed by atoms with Crippen molar-refractivity contribution in [2.75, 3.05) is 18.9 Å². The van der Waals surface area contributed by atoms with E-state index in [9.17, 15) is 5.11 Å². The van der Waals surface area contributed by atoms with Crippen LogP contribution in [0.2, 0.25) is 0 Å². The summed E-state index contributed by atoms with van der Waals surface area (Å²) in [6, 6.07) is 7.01. The molecule has 2 aromatic rings. The first-order valence-corrected chi connectivity index (χ1v) is 9.42. The van der Waals surface area contributed by atoms with Crippen LogP contribution in [-0.2, 0) is 16.1 Å². The zero-order valence-electron chi connectivity index (χ0n) is 16.0. The molecule has 0 atom stereocenters. The van der Waals surface area contributed by atoms with Crippen LogP contribution in [0.4, 0.5) is 5.82 Å². The lowest BCUT2D eigenvalue weighted by Crippen LogP contribution is -2.16. The molecule has 1 fully saturated rings. The number of phenolic OH excluding ortho intramolecular Hbond substituents is 1. The molecule has 1 saturated heterocycles. The van der Waals surface area contributed by atoms with Crippen LogP contribution in [0.15, 0.2) is 24.3 Å². The Morgan fingerprint density at radius 1 is 1.33 bits per heavy atom. The minimum absolute atomic E-state index is 0.107. The third-order valence-electron chi connectivity index (χ3n) is 4.92. The molecule has 0 unspecified atom stereocenters. The second-order valence-corrected chi connectivity index (χ2v) is 7.21. The number of hydrogen-bond donors (Lipinski definition) is 4. The Bertz CT molecular complexity index is 805. The van der Waals surface area contributed by atoms with Crippen molar-refractivity contribution in [2.45, 2.75) is 45.3 Å². The number of nitrogens with one attached hydrogen (secondary N) is 1. The number of aromatic nitrogens is 1. The first kappa shape index (κ1) is 19.3. The van der Waals surface area contributed by atoms with E-state index in [0.717, 1.165) is 42.9 Å². The number of rotatable bonds is 6. The second-order valence-electron chi connectivity index (χ2n) is 7.21. The van der Waals surface area contributed by atoms with Gasteiger partial charge >= 0.3 is 0 Å². The van der Waals surface area contributed by atoms with Gasteiger partial charge in [-0.05, 0) is 44.9 Å². The number of anilines is 1. The number of aromatic hydroxyl groups is 1. The Morgan fingerprint density at radius 2 is 2.04 bits per heavy atom. The van der Waals surface area contributed by atoms with Crippen molar-refractivity contribution < 1.29 is 14.6 Å². The maximum absolute atomic E-state index is 10.1. The van der Waals surface area contributed by atoms with Gasteiger partial charge in [-0.15, -0.1) is 0 Å². The first-order valence-electron chi connectivity index (χ1n) is 9.42. The molecule has 146 valence electrons. The summed E-state index contributed by atoms with van der Waals surface area (Å²) in [5.74, 6) is 1.07. The van der Waals surface area contributed by atoms with Crippen LogP contribution >= 0.6 is 0 Å². The van der Waals surface area contributed by atoms with Gasteiger partial charge in [-0.25, -0.2) is 0 Å². The number of benzene rings is 1. The SMILES string of the molecule is CC(C)OCc1c(C2CCOCC2)[nH]c(N)c1/C=C(\N)c1ccccc1O. The summed E-state index contributed by atoms with van der Waals surface area (Å²) in [4.78, 5) is 3.36. The quantitative estimate of drug-likeness (QED) is 0.621. The average molecular weight is 371 g/mol. The molecule has 0 amide bonds. The third kappa shape index (κ3) is 4.46. The van der Waals surface area contributed by atoms with E-state index in [1.54, 1.807) is 18.2 Å². The fraction of sp³-hybridized carbons (Fsp3) is 0.429. The first-order chi connectivity index (χ1) is 13.0. The molecule has 2 heterocycles. The molecule has 0 saturated carbocycles. The maximum atomic E-state index is 10.1. The maximum Gasteiger partial charge on any atom is 0.124 e. The van der Waals surface area contributed by atoms with E-state index in [1.807, 2.05) is 26.0 Å². The monoisotopic (exact) mass is 371 g/mol. The van der Waals surface area contributed by atoms with Gasteiger partial charge in [-0.3, -0.25) is 0 Å². The molecule has 1 aliphatic heterocycles. The van der Waals surface area contributed by atoms with Crippen LogP contribution < -0.4 is 11.5 Å². The predicted molar refractivity (Wildman–Crippen MR) is 108 cm³/mol. The van der Waals surface area contributed by atoms with Gasteiger partial charge < -0.3 is 31.0 Å². The molecule has 0 aliphatic carbocycles. The summed E-state index contributed by atoms with van der Waals surface area (Å²) < 4.78 is 11.4. The van der Waals surface area contributed by atoms with E-state index in [0.29, 0.717) is 29.6 Å². The van der Waals surface area contributed by atoms with Gasteiger partial charge in [-0.1, -0.05) is 12.1 Å². The summed E-state index contributed by atoms with van der Waals surface area (Å²) >= 11 is 0. The standard InChI is InChI=1S/C21H29N3O3/c1-13(2)27-12-17-16(11-18(22)15-5-3-4-6-19(15)25)21(23)24-20(17)14-7-9-26-10-8-14/h3-6,11,13-14,24-25H,7-10,12,22-23H2,1-2H3/b18-11-. The van der Waals surface area contributed by atoms with E-state index >= 15 is 0 Å². The van der Waals surface area contributed by atoms with E-state index in [4.69, 9.17) is 20.9 Å². The minimum atomic E-state index is 0.107. The number of para-hydroxylation sites is 1. The van der Waals surface area contributed by atoms with E-state index in [-0.39, 0.29) is 11.9 Å². The van der Waals surface area contributed by atoms with Crippen LogP contribution in [0.25, 0.3) is 11.8 Å². The number of hydrogen-bond acceptors (Lipinski definition) is 5. The van der Waals surface area contributed by atoms with E-state index < -0.39 is 0 Å². The average Bonchev–Trinajstić information content (AvgIpc) is 2.96. The molecule has 0 radical (unpaired) electrons.